The van der Waals surface area contributed by atoms with Crippen molar-refractivity contribution in [1.82, 2.24) is 4.90 Å². The van der Waals surface area contributed by atoms with Crippen molar-refractivity contribution in [3.05, 3.63) is 0 Å². The van der Waals surface area contributed by atoms with Crippen LogP contribution in [0.1, 0.15) is 27.2 Å². The molecule has 0 atom stereocenters. The maximum atomic E-state index is 8.49. The van der Waals surface area contributed by atoms with Crippen molar-refractivity contribution >= 4 is 5.84 Å². The van der Waals surface area contributed by atoms with E-state index in [1.54, 1.807) is 0 Å². The summed E-state index contributed by atoms with van der Waals surface area (Å²) in [7, 11) is 0. The zero-order valence-electron chi connectivity index (χ0n) is 9.94. The van der Waals surface area contributed by atoms with Gasteiger partial charge in [0, 0.05) is 25.8 Å². The van der Waals surface area contributed by atoms with Gasteiger partial charge in [-0.3, -0.25) is 4.90 Å². The van der Waals surface area contributed by atoms with Crippen LogP contribution in [0.5, 0.6) is 0 Å². The lowest BCUT2D eigenvalue weighted by Gasteiger charge is -2.25. The molecule has 0 bridgehead atoms. The van der Waals surface area contributed by atoms with Gasteiger partial charge in [-0.15, -0.1) is 0 Å². The fourth-order valence-electron chi connectivity index (χ4n) is 1.27. The van der Waals surface area contributed by atoms with Gasteiger partial charge in [-0.2, -0.15) is 0 Å². The summed E-state index contributed by atoms with van der Waals surface area (Å²) in [5, 5.41) is 11.5. The predicted molar refractivity (Wildman–Crippen MR) is 61.2 cm³/mol. The molecular formula is C10H23N3O2. The van der Waals surface area contributed by atoms with E-state index in [0.717, 1.165) is 26.2 Å². The van der Waals surface area contributed by atoms with Gasteiger partial charge in [0.15, 0.2) is 5.84 Å². The zero-order valence-corrected chi connectivity index (χ0v) is 9.94. The molecule has 0 aliphatic rings. The van der Waals surface area contributed by atoms with Gasteiger partial charge in [-0.25, -0.2) is 0 Å². The molecule has 0 spiro atoms. The number of amidine groups is 1. The molecule has 90 valence electrons. The molecule has 0 aliphatic heterocycles. The average molecular weight is 217 g/mol. The first kappa shape index (κ1) is 14.2. The van der Waals surface area contributed by atoms with E-state index in [2.05, 4.69) is 23.9 Å². The van der Waals surface area contributed by atoms with Crippen LogP contribution in [0.4, 0.5) is 0 Å². The summed E-state index contributed by atoms with van der Waals surface area (Å²) in [5.74, 6) is 0.250. The molecule has 0 radical (unpaired) electrons. The van der Waals surface area contributed by atoms with E-state index in [1.165, 1.54) is 0 Å². The third-order valence-electron chi connectivity index (χ3n) is 2.16. The summed E-state index contributed by atoms with van der Waals surface area (Å²) in [6, 6.07) is 0.381. The molecular weight excluding hydrogens is 194 g/mol. The van der Waals surface area contributed by atoms with Crippen molar-refractivity contribution in [1.29, 1.82) is 0 Å². The SMILES string of the molecule is CCOCCCN(CC(N)=NO)C(C)C. The van der Waals surface area contributed by atoms with Gasteiger partial charge in [0.05, 0.1) is 6.54 Å². The fourth-order valence-corrected chi connectivity index (χ4v) is 1.27. The second-order valence-electron chi connectivity index (χ2n) is 3.71. The molecule has 0 fully saturated rings. The fraction of sp³-hybridized carbons (Fsp3) is 0.900. The van der Waals surface area contributed by atoms with E-state index >= 15 is 0 Å². The Bertz CT molecular complexity index is 184. The quantitative estimate of drug-likeness (QED) is 0.208. The molecule has 5 nitrogen and oxygen atoms in total. The van der Waals surface area contributed by atoms with Crippen molar-refractivity contribution < 1.29 is 9.94 Å². The third-order valence-corrected chi connectivity index (χ3v) is 2.16. The summed E-state index contributed by atoms with van der Waals surface area (Å²) in [4.78, 5) is 2.15. The molecule has 0 saturated carbocycles. The molecule has 0 aromatic carbocycles. The first-order valence-corrected chi connectivity index (χ1v) is 5.40. The second kappa shape index (κ2) is 8.49. The van der Waals surface area contributed by atoms with Crippen LogP contribution in [-0.2, 0) is 4.74 Å². The van der Waals surface area contributed by atoms with E-state index in [4.69, 9.17) is 15.7 Å². The molecule has 0 amide bonds. The van der Waals surface area contributed by atoms with Gasteiger partial charge in [0.1, 0.15) is 0 Å². The van der Waals surface area contributed by atoms with Crippen LogP contribution in [0.2, 0.25) is 0 Å². The lowest BCUT2D eigenvalue weighted by Crippen LogP contribution is -2.39. The van der Waals surface area contributed by atoms with Crippen LogP contribution in [0.25, 0.3) is 0 Å². The Morgan fingerprint density at radius 1 is 1.53 bits per heavy atom. The number of oxime groups is 1. The predicted octanol–water partition coefficient (Wildman–Crippen LogP) is 0.870. The summed E-state index contributed by atoms with van der Waals surface area (Å²) in [6.07, 6.45) is 0.963. The Morgan fingerprint density at radius 3 is 2.67 bits per heavy atom. The molecule has 0 aromatic heterocycles. The summed E-state index contributed by atoms with van der Waals surface area (Å²) >= 11 is 0. The molecule has 15 heavy (non-hydrogen) atoms. The highest BCUT2D eigenvalue weighted by Gasteiger charge is 2.10. The van der Waals surface area contributed by atoms with E-state index in [9.17, 15) is 0 Å². The van der Waals surface area contributed by atoms with Crippen LogP contribution in [0, 0.1) is 0 Å². The second-order valence-corrected chi connectivity index (χ2v) is 3.71. The monoisotopic (exact) mass is 217 g/mol. The highest BCUT2D eigenvalue weighted by atomic mass is 16.5. The maximum Gasteiger partial charge on any atom is 0.153 e. The van der Waals surface area contributed by atoms with Crippen LogP contribution in [0.15, 0.2) is 5.16 Å². The normalized spacial score (nSPS) is 12.7. The van der Waals surface area contributed by atoms with Crippen molar-refractivity contribution in [3.63, 3.8) is 0 Å². The van der Waals surface area contributed by atoms with Crippen molar-refractivity contribution in [3.8, 4) is 0 Å². The smallest absolute Gasteiger partial charge is 0.153 e. The van der Waals surface area contributed by atoms with E-state index in [1.807, 2.05) is 6.92 Å². The van der Waals surface area contributed by atoms with Gasteiger partial charge in [-0.1, -0.05) is 5.16 Å². The van der Waals surface area contributed by atoms with Crippen LogP contribution >= 0.6 is 0 Å². The van der Waals surface area contributed by atoms with E-state index in [0.29, 0.717) is 12.6 Å². The van der Waals surface area contributed by atoms with Crippen LogP contribution in [0.3, 0.4) is 0 Å². The van der Waals surface area contributed by atoms with Gasteiger partial charge in [0.2, 0.25) is 0 Å². The number of ether oxygens (including phenoxy) is 1. The molecule has 0 aliphatic carbocycles. The standard InChI is InChI=1S/C10H23N3O2/c1-4-15-7-5-6-13(9(2)3)8-10(11)12-14/h9,14H,4-8H2,1-3H3,(H2,11,12). The lowest BCUT2D eigenvalue weighted by molar-refractivity contribution is 0.129. The minimum Gasteiger partial charge on any atom is -0.409 e. The average Bonchev–Trinajstić information content (AvgIpc) is 2.21. The first-order valence-electron chi connectivity index (χ1n) is 5.40. The van der Waals surface area contributed by atoms with Gasteiger partial charge >= 0.3 is 0 Å². The van der Waals surface area contributed by atoms with Gasteiger partial charge in [0.25, 0.3) is 0 Å². The highest BCUT2D eigenvalue weighted by Crippen LogP contribution is 1.99. The minimum atomic E-state index is 0.250. The number of nitrogens with zero attached hydrogens (tertiary/aromatic N) is 2. The van der Waals surface area contributed by atoms with E-state index < -0.39 is 0 Å². The number of rotatable bonds is 8. The number of hydrogen-bond acceptors (Lipinski definition) is 4. The third kappa shape index (κ3) is 7.16. The Kier molecular flexibility index (Phi) is 8.04. The van der Waals surface area contributed by atoms with Crippen molar-refractivity contribution in [2.24, 2.45) is 10.9 Å². The maximum absolute atomic E-state index is 8.49. The van der Waals surface area contributed by atoms with Crippen LogP contribution < -0.4 is 5.73 Å². The Morgan fingerprint density at radius 2 is 2.20 bits per heavy atom. The molecule has 5 heteroatoms. The molecule has 0 rings (SSSR count). The number of hydrogen-bond donors (Lipinski definition) is 2. The van der Waals surface area contributed by atoms with Crippen LogP contribution in [-0.4, -0.2) is 48.3 Å². The minimum absolute atomic E-state index is 0.250. The molecule has 0 unspecified atom stereocenters. The summed E-state index contributed by atoms with van der Waals surface area (Å²) < 4.78 is 5.26. The van der Waals surface area contributed by atoms with Crippen molar-refractivity contribution in [2.75, 3.05) is 26.3 Å². The summed E-state index contributed by atoms with van der Waals surface area (Å²) in [6.45, 7) is 9.07. The topological polar surface area (TPSA) is 71.1 Å². The molecule has 0 aromatic rings. The lowest BCUT2D eigenvalue weighted by atomic mass is 10.3. The Labute approximate surface area is 91.9 Å². The first-order chi connectivity index (χ1) is 7.11. The molecule has 0 heterocycles. The Balaban J connectivity index is 3.84. The summed E-state index contributed by atoms with van der Waals surface area (Å²) in [5.41, 5.74) is 5.47. The van der Waals surface area contributed by atoms with Crippen molar-refractivity contribution in [2.45, 2.75) is 33.2 Å². The molecule has 3 N–H and O–H groups in total. The largest absolute Gasteiger partial charge is 0.409 e. The Hall–Kier alpha value is -0.810. The molecule has 0 saturated heterocycles. The van der Waals surface area contributed by atoms with Gasteiger partial charge < -0.3 is 15.7 Å². The van der Waals surface area contributed by atoms with Gasteiger partial charge in [-0.05, 0) is 27.2 Å². The highest BCUT2D eigenvalue weighted by molar-refractivity contribution is 5.81. The number of nitrogens with two attached hydrogens (primary N) is 1. The zero-order chi connectivity index (χ0) is 11.7. The van der Waals surface area contributed by atoms with E-state index in [-0.39, 0.29) is 5.84 Å².